The van der Waals surface area contributed by atoms with Gasteiger partial charge in [0.2, 0.25) is 5.91 Å². The summed E-state index contributed by atoms with van der Waals surface area (Å²) in [5.74, 6) is -0.522. The minimum Gasteiger partial charge on any atom is -0.396 e. The van der Waals surface area contributed by atoms with Crippen LogP contribution in [0.3, 0.4) is 0 Å². The van der Waals surface area contributed by atoms with Crippen LogP contribution in [-0.4, -0.2) is 59.3 Å². The van der Waals surface area contributed by atoms with Gasteiger partial charge in [0, 0.05) is 24.1 Å². The van der Waals surface area contributed by atoms with E-state index >= 15 is 0 Å². The van der Waals surface area contributed by atoms with Gasteiger partial charge in [0.25, 0.3) is 5.91 Å². The quantitative estimate of drug-likeness (QED) is 0.701. The summed E-state index contributed by atoms with van der Waals surface area (Å²) in [4.78, 5) is 26.4. The van der Waals surface area contributed by atoms with Crippen molar-refractivity contribution in [3.8, 4) is 0 Å². The zero-order valence-electron chi connectivity index (χ0n) is 15.8. The molecule has 6 heteroatoms. The van der Waals surface area contributed by atoms with Crippen LogP contribution < -0.4 is 5.32 Å². The van der Waals surface area contributed by atoms with E-state index in [1.54, 1.807) is 29.2 Å². The van der Waals surface area contributed by atoms with E-state index in [4.69, 9.17) is 0 Å². The summed E-state index contributed by atoms with van der Waals surface area (Å²) < 4.78 is 0. The highest BCUT2D eigenvalue weighted by molar-refractivity contribution is 5.96. The Bertz CT molecular complexity index is 797. The molecule has 1 heterocycles. The highest BCUT2D eigenvalue weighted by atomic mass is 16.3. The van der Waals surface area contributed by atoms with E-state index in [0.717, 1.165) is 5.56 Å². The van der Waals surface area contributed by atoms with Crippen LogP contribution in [0, 0.1) is 5.41 Å². The van der Waals surface area contributed by atoms with E-state index in [-0.39, 0.29) is 31.5 Å². The van der Waals surface area contributed by atoms with Crippen LogP contribution in [0.4, 0.5) is 0 Å². The molecule has 0 spiro atoms. The fourth-order valence-corrected chi connectivity index (χ4v) is 3.71. The molecule has 1 saturated heterocycles. The lowest BCUT2D eigenvalue weighted by atomic mass is 9.73. The Morgan fingerprint density at radius 1 is 1.07 bits per heavy atom. The average molecular weight is 382 g/mol. The molecule has 2 aromatic carbocycles. The van der Waals surface area contributed by atoms with E-state index < -0.39 is 11.5 Å². The molecule has 148 valence electrons. The second-order valence-electron chi connectivity index (χ2n) is 7.35. The molecule has 0 radical (unpaired) electrons. The van der Waals surface area contributed by atoms with Gasteiger partial charge in [0.1, 0.15) is 0 Å². The van der Waals surface area contributed by atoms with E-state index in [2.05, 4.69) is 5.32 Å². The lowest BCUT2D eigenvalue weighted by Crippen LogP contribution is -2.57. The summed E-state index contributed by atoms with van der Waals surface area (Å²) in [6.45, 7) is 0.317. The number of likely N-dealkylation sites (tertiary alicyclic amines) is 1. The second kappa shape index (κ2) is 8.99. The predicted molar refractivity (Wildman–Crippen MR) is 106 cm³/mol. The van der Waals surface area contributed by atoms with Gasteiger partial charge < -0.3 is 20.4 Å². The van der Waals surface area contributed by atoms with Gasteiger partial charge in [-0.2, -0.15) is 0 Å². The Morgan fingerprint density at radius 2 is 1.71 bits per heavy atom. The van der Waals surface area contributed by atoms with Crippen molar-refractivity contribution in [3.63, 3.8) is 0 Å². The molecule has 3 N–H and O–H groups in total. The minimum absolute atomic E-state index is 0.114. The van der Waals surface area contributed by atoms with Gasteiger partial charge in [0.05, 0.1) is 19.3 Å². The van der Waals surface area contributed by atoms with Gasteiger partial charge in [0.15, 0.2) is 0 Å². The third kappa shape index (κ3) is 4.58. The first kappa shape index (κ1) is 20.0. The van der Waals surface area contributed by atoms with Gasteiger partial charge in [-0.15, -0.1) is 0 Å². The molecule has 1 aliphatic heterocycles. The molecule has 1 fully saturated rings. The maximum absolute atomic E-state index is 12.6. The highest BCUT2D eigenvalue weighted by Gasteiger charge is 2.43. The third-order valence-corrected chi connectivity index (χ3v) is 5.39. The number of amides is 2. The fourth-order valence-electron chi connectivity index (χ4n) is 3.71. The predicted octanol–water partition coefficient (Wildman–Crippen LogP) is 1.23. The van der Waals surface area contributed by atoms with Gasteiger partial charge in [-0.3, -0.25) is 9.59 Å². The maximum Gasteiger partial charge on any atom is 0.251 e. The summed E-state index contributed by atoms with van der Waals surface area (Å²) in [7, 11) is 0. The van der Waals surface area contributed by atoms with E-state index in [1.165, 1.54) is 0 Å². The molecule has 2 atom stereocenters. The molecule has 2 amide bonds. The second-order valence-corrected chi connectivity index (χ2v) is 7.35. The largest absolute Gasteiger partial charge is 0.396 e. The van der Waals surface area contributed by atoms with Gasteiger partial charge in [-0.05, 0) is 30.5 Å². The van der Waals surface area contributed by atoms with Crippen LogP contribution in [0.25, 0.3) is 0 Å². The number of carbonyl (C=O) groups is 2. The molecular formula is C22H26N2O4. The first-order valence-electron chi connectivity index (χ1n) is 9.48. The number of nitrogens with one attached hydrogen (secondary N) is 1. The SMILES string of the molecule is O=C(NCC(=O)N1CC[C@H](O)[C@](CO)(Cc2ccccc2)C1)c1ccccc1. The van der Waals surface area contributed by atoms with Crippen molar-refractivity contribution in [2.24, 2.45) is 5.41 Å². The number of benzene rings is 2. The molecule has 0 aromatic heterocycles. The molecule has 0 saturated carbocycles. The monoisotopic (exact) mass is 382 g/mol. The Kier molecular flexibility index (Phi) is 6.44. The molecule has 0 bridgehead atoms. The normalized spacial score (nSPS) is 21.9. The Labute approximate surface area is 164 Å². The Hall–Kier alpha value is -2.70. The van der Waals surface area contributed by atoms with E-state index in [0.29, 0.717) is 24.9 Å². The molecular weight excluding hydrogens is 356 g/mol. The van der Waals surface area contributed by atoms with Crippen LogP contribution in [0.1, 0.15) is 22.3 Å². The number of nitrogens with zero attached hydrogens (tertiary/aromatic N) is 1. The highest BCUT2D eigenvalue weighted by Crippen LogP contribution is 2.33. The number of aliphatic hydroxyl groups excluding tert-OH is 2. The number of piperidine rings is 1. The number of aliphatic hydroxyl groups is 2. The third-order valence-electron chi connectivity index (χ3n) is 5.39. The van der Waals surface area contributed by atoms with E-state index in [9.17, 15) is 19.8 Å². The molecule has 3 rings (SSSR count). The van der Waals surface area contributed by atoms with Gasteiger partial charge >= 0.3 is 0 Å². The Balaban J connectivity index is 1.64. The summed E-state index contributed by atoms with van der Waals surface area (Å²) in [6, 6.07) is 18.4. The van der Waals surface area contributed by atoms with Gasteiger partial charge in [-0.1, -0.05) is 48.5 Å². The first-order valence-corrected chi connectivity index (χ1v) is 9.48. The van der Waals surface area contributed by atoms with Crippen molar-refractivity contribution >= 4 is 11.8 Å². The standard InChI is InChI=1S/C22H26N2O4/c25-16-22(13-17-7-3-1-4-8-17)15-24(12-11-19(22)26)20(27)14-23-21(28)18-9-5-2-6-10-18/h1-10,19,25-26H,11-16H2,(H,23,28)/t19-,22+/m0/s1. The van der Waals surface area contributed by atoms with Gasteiger partial charge in [-0.25, -0.2) is 0 Å². The lowest BCUT2D eigenvalue weighted by Gasteiger charge is -2.45. The maximum atomic E-state index is 12.6. The topological polar surface area (TPSA) is 89.9 Å². The molecule has 0 aliphatic carbocycles. The lowest BCUT2D eigenvalue weighted by molar-refractivity contribution is -0.140. The van der Waals surface area contributed by atoms with Crippen LogP contribution in [0.2, 0.25) is 0 Å². The minimum atomic E-state index is -0.807. The smallest absolute Gasteiger partial charge is 0.251 e. The molecule has 0 unspecified atom stereocenters. The number of hydrogen-bond donors (Lipinski definition) is 3. The Morgan fingerprint density at radius 3 is 2.36 bits per heavy atom. The van der Waals surface area contributed by atoms with Crippen molar-refractivity contribution in [1.29, 1.82) is 0 Å². The van der Waals surface area contributed by atoms with Crippen LogP contribution in [0.15, 0.2) is 60.7 Å². The molecule has 1 aliphatic rings. The first-order chi connectivity index (χ1) is 13.5. The number of hydrogen-bond acceptors (Lipinski definition) is 4. The van der Waals surface area contributed by atoms with Crippen molar-refractivity contribution < 1.29 is 19.8 Å². The molecule has 2 aromatic rings. The zero-order valence-corrected chi connectivity index (χ0v) is 15.8. The fraction of sp³-hybridized carbons (Fsp3) is 0.364. The van der Waals surface area contributed by atoms with Crippen LogP contribution in [-0.2, 0) is 11.2 Å². The van der Waals surface area contributed by atoms with Crippen LogP contribution in [0.5, 0.6) is 0 Å². The summed E-state index contributed by atoms with van der Waals surface area (Å²) >= 11 is 0. The van der Waals surface area contributed by atoms with Crippen LogP contribution >= 0.6 is 0 Å². The van der Waals surface area contributed by atoms with Crippen molar-refractivity contribution in [1.82, 2.24) is 10.2 Å². The summed E-state index contributed by atoms with van der Waals surface area (Å²) in [6.07, 6.45) is 0.179. The zero-order chi connectivity index (χ0) is 20.0. The summed E-state index contributed by atoms with van der Waals surface area (Å²) in [5.41, 5.74) is 0.694. The number of carbonyl (C=O) groups excluding carboxylic acids is 2. The van der Waals surface area contributed by atoms with E-state index in [1.807, 2.05) is 36.4 Å². The average Bonchev–Trinajstić information content (AvgIpc) is 2.74. The van der Waals surface area contributed by atoms with Crippen molar-refractivity contribution in [2.45, 2.75) is 18.9 Å². The number of rotatable bonds is 6. The van der Waals surface area contributed by atoms with Crippen molar-refractivity contribution in [2.75, 3.05) is 26.2 Å². The molecule has 28 heavy (non-hydrogen) atoms. The van der Waals surface area contributed by atoms with Crippen molar-refractivity contribution in [3.05, 3.63) is 71.8 Å². The summed E-state index contributed by atoms with van der Waals surface area (Å²) in [5, 5.41) is 23.3. The molecule has 6 nitrogen and oxygen atoms in total.